The predicted molar refractivity (Wildman–Crippen MR) is 137 cm³/mol. The van der Waals surface area contributed by atoms with Gasteiger partial charge in [-0.1, -0.05) is 13.8 Å². The monoisotopic (exact) mass is 515 g/mol. The van der Waals surface area contributed by atoms with Crippen LogP contribution in [0.4, 0.5) is 0 Å². The van der Waals surface area contributed by atoms with Crippen molar-refractivity contribution in [1.29, 1.82) is 0 Å². The highest BCUT2D eigenvalue weighted by molar-refractivity contribution is 7.98. The first-order valence-electron chi connectivity index (χ1n) is 11.9. The van der Waals surface area contributed by atoms with Crippen LogP contribution in [0, 0.1) is 5.92 Å². The van der Waals surface area contributed by atoms with Gasteiger partial charge in [0.25, 0.3) is 0 Å². The fraction of sp³-hybridized carbons (Fsp3) is 0.773. The van der Waals surface area contributed by atoms with Crippen molar-refractivity contribution in [2.45, 2.75) is 76.5 Å². The summed E-state index contributed by atoms with van der Waals surface area (Å²) in [5.41, 5.74) is 16.6. The number of rotatable bonds is 15. The second kappa shape index (κ2) is 15.5. The summed E-state index contributed by atoms with van der Waals surface area (Å²) in [5.74, 6) is -1.76. The minimum absolute atomic E-state index is 0.0335. The van der Waals surface area contributed by atoms with Gasteiger partial charge in [0.05, 0.1) is 6.04 Å². The smallest absolute Gasteiger partial charge is 0.326 e. The molecular weight excluding hydrogens is 474 g/mol. The molecule has 3 amide bonds. The Morgan fingerprint density at radius 2 is 1.83 bits per heavy atom. The molecule has 35 heavy (non-hydrogen) atoms. The van der Waals surface area contributed by atoms with Crippen LogP contribution in [0.2, 0.25) is 0 Å². The van der Waals surface area contributed by atoms with Crippen LogP contribution in [-0.2, 0) is 19.2 Å². The molecule has 0 spiro atoms. The standard InChI is InChI=1S/C22H41N7O5S/c1-13(2)12-16(21(33)34)28-19(31)17-7-5-10-29(17)20(32)15(8-11-35-3)27-18(30)14(23)6-4-9-26-22(24)25/h13-17H,4-12,23H2,1-3H3,(H,27,30)(H,28,31)(H,33,34)(H4,24,25,26). The molecule has 0 aromatic rings. The van der Waals surface area contributed by atoms with Gasteiger partial charge in [-0.3, -0.25) is 19.4 Å². The number of guanidine groups is 1. The van der Waals surface area contributed by atoms with Crippen LogP contribution >= 0.6 is 11.8 Å². The molecule has 1 rings (SSSR count). The average molecular weight is 516 g/mol. The molecule has 1 heterocycles. The summed E-state index contributed by atoms with van der Waals surface area (Å²) in [6, 6.07) is -3.47. The third kappa shape index (κ3) is 10.7. The lowest BCUT2D eigenvalue weighted by Gasteiger charge is -2.30. The van der Waals surface area contributed by atoms with Crippen molar-refractivity contribution in [3.63, 3.8) is 0 Å². The highest BCUT2D eigenvalue weighted by Crippen LogP contribution is 2.20. The highest BCUT2D eigenvalue weighted by atomic mass is 32.2. The molecule has 1 fully saturated rings. The van der Waals surface area contributed by atoms with E-state index in [9.17, 15) is 24.3 Å². The maximum absolute atomic E-state index is 13.4. The van der Waals surface area contributed by atoms with Crippen LogP contribution in [0.15, 0.2) is 4.99 Å². The largest absolute Gasteiger partial charge is 0.480 e. The first-order chi connectivity index (χ1) is 16.5. The topological polar surface area (TPSA) is 206 Å². The number of carbonyl (C=O) groups excluding carboxylic acids is 3. The number of nitrogens with zero attached hydrogens (tertiary/aromatic N) is 2. The Morgan fingerprint density at radius 3 is 2.40 bits per heavy atom. The fourth-order valence-electron chi connectivity index (χ4n) is 3.89. The van der Waals surface area contributed by atoms with E-state index in [0.717, 1.165) is 0 Å². The van der Waals surface area contributed by atoms with E-state index >= 15 is 0 Å². The lowest BCUT2D eigenvalue weighted by molar-refractivity contribution is -0.145. The normalized spacial score (nSPS) is 18.0. The summed E-state index contributed by atoms with van der Waals surface area (Å²) in [5, 5.41) is 14.8. The number of nitrogens with two attached hydrogens (primary N) is 3. The number of amides is 3. The van der Waals surface area contributed by atoms with Gasteiger partial charge in [0, 0.05) is 13.1 Å². The van der Waals surface area contributed by atoms with E-state index < -0.39 is 42.0 Å². The molecule has 12 nitrogen and oxygen atoms in total. The molecule has 0 aromatic heterocycles. The highest BCUT2D eigenvalue weighted by Gasteiger charge is 2.39. The molecule has 4 atom stereocenters. The van der Waals surface area contributed by atoms with E-state index in [1.165, 1.54) is 16.7 Å². The van der Waals surface area contributed by atoms with E-state index in [1.54, 1.807) is 0 Å². The molecule has 1 aliphatic heterocycles. The molecule has 1 aliphatic rings. The molecule has 13 heteroatoms. The molecule has 1 saturated heterocycles. The van der Waals surface area contributed by atoms with Crippen molar-refractivity contribution < 1.29 is 24.3 Å². The van der Waals surface area contributed by atoms with Crippen LogP contribution in [0.5, 0.6) is 0 Å². The SMILES string of the molecule is CSCCC(NC(=O)C(N)CCCN=C(N)N)C(=O)N1CCCC1C(=O)NC(CC(C)C)C(=O)O. The fourth-order valence-corrected chi connectivity index (χ4v) is 4.36. The van der Waals surface area contributed by atoms with Gasteiger partial charge >= 0.3 is 5.97 Å². The Balaban J connectivity index is 2.85. The van der Waals surface area contributed by atoms with E-state index in [-0.39, 0.29) is 24.2 Å². The zero-order valence-electron chi connectivity index (χ0n) is 20.9. The van der Waals surface area contributed by atoms with Crippen molar-refractivity contribution in [3.8, 4) is 0 Å². The second-order valence-electron chi connectivity index (χ2n) is 9.12. The number of nitrogens with one attached hydrogen (secondary N) is 2. The Bertz CT molecular complexity index is 760. The molecule has 4 unspecified atom stereocenters. The number of carboxylic acid groups (broad SMARTS) is 1. The Hall–Kier alpha value is -2.54. The van der Waals surface area contributed by atoms with Crippen molar-refractivity contribution in [2.24, 2.45) is 28.1 Å². The number of carboxylic acids is 1. The molecule has 0 radical (unpaired) electrons. The number of aliphatic imine (C=N–C) groups is 1. The Labute approximate surface area is 211 Å². The number of carbonyl (C=O) groups is 4. The molecule has 0 aromatic carbocycles. The minimum atomic E-state index is -1.11. The number of thioether (sulfide) groups is 1. The van der Waals surface area contributed by atoms with Crippen LogP contribution in [0.25, 0.3) is 0 Å². The molecule has 0 bridgehead atoms. The van der Waals surface area contributed by atoms with Gasteiger partial charge in [-0.25, -0.2) is 4.79 Å². The third-order valence-corrected chi connectivity index (χ3v) is 6.33. The Kier molecular flexibility index (Phi) is 13.5. The van der Waals surface area contributed by atoms with Crippen LogP contribution in [0.1, 0.15) is 52.4 Å². The van der Waals surface area contributed by atoms with Gasteiger partial charge < -0.3 is 37.8 Å². The summed E-state index contributed by atoms with van der Waals surface area (Å²) in [7, 11) is 0. The summed E-state index contributed by atoms with van der Waals surface area (Å²) in [4.78, 5) is 55.8. The number of aliphatic carboxylic acids is 1. The maximum atomic E-state index is 13.4. The Morgan fingerprint density at radius 1 is 1.14 bits per heavy atom. The average Bonchev–Trinajstić information content (AvgIpc) is 3.27. The maximum Gasteiger partial charge on any atom is 0.326 e. The molecule has 0 aliphatic carbocycles. The molecular formula is C22H41N7O5S. The number of likely N-dealkylation sites (tertiary alicyclic amines) is 1. The molecule has 200 valence electrons. The van der Waals surface area contributed by atoms with Gasteiger partial charge in [-0.15, -0.1) is 0 Å². The minimum Gasteiger partial charge on any atom is -0.480 e. The summed E-state index contributed by atoms with van der Waals surface area (Å²) >= 11 is 1.53. The number of hydrogen-bond donors (Lipinski definition) is 6. The summed E-state index contributed by atoms with van der Waals surface area (Å²) in [6.07, 6.45) is 4.44. The van der Waals surface area contributed by atoms with Gasteiger partial charge in [-0.2, -0.15) is 11.8 Å². The predicted octanol–water partition coefficient (Wildman–Crippen LogP) is -0.788. The van der Waals surface area contributed by atoms with Gasteiger partial charge in [0.2, 0.25) is 17.7 Å². The summed E-state index contributed by atoms with van der Waals surface area (Å²) in [6.45, 7) is 4.45. The van der Waals surface area contributed by atoms with E-state index in [4.69, 9.17) is 17.2 Å². The zero-order chi connectivity index (χ0) is 26.5. The quantitative estimate of drug-likeness (QED) is 0.0916. The summed E-state index contributed by atoms with van der Waals surface area (Å²) < 4.78 is 0. The van der Waals surface area contributed by atoms with Crippen molar-refractivity contribution in [3.05, 3.63) is 0 Å². The number of hydrogen-bond acceptors (Lipinski definition) is 7. The van der Waals surface area contributed by atoms with Crippen LogP contribution in [0.3, 0.4) is 0 Å². The lowest BCUT2D eigenvalue weighted by Crippen LogP contribution is -2.57. The van der Waals surface area contributed by atoms with Crippen molar-refractivity contribution in [1.82, 2.24) is 15.5 Å². The van der Waals surface area contributed by atoms with Gasteiger partial charge in [-0.05, 0) is 56.5 Å². The van der Waals surface area contributed by atoms with E-state index in [2.05, 4.69) is 15.6 Å². The van der Waals surface area contributed by atoms with E-state index in [1.807, 2.05) is 20.1 Å². The van der Waals surface area contributed by atoms with Crippen molar-refractivity contribution >= 4 is 41.4 Å². The third-order valence-electron chi connectivity index (χ3n) is 5.69. The van der Waals surface area contributed by atoms with Crippen LogP contribution < -0.4 is 27.8 Å². The lowest BCUT2D eigenvalue weighted by atomic mass is 10.0. The second-order valence-corrected chi connectivity index (χ2v) is 10.1. The molecule has 0 saturated carbocycles. The van der Waals surface area contributed by atoms with E-state index in [0.29, 0.717) is 50.9 Å². The first-order valence-corrected chi connectivity index (χ1v) is 13.3. The zero-order valence-corrected chi connectivity index (χ0v) is 21.7. The van der Waals surface area contributed by atoms with Crippen LogP contribution in [-0.4, -0.2) is 88.9 Å². The first kappa shape index (κ1) is 30.5. The van der Waals surface area contributed by atoms with Gasteiger partial charge in [0.15, 0.2) is 5.96 Å². The van der Waals surface area contributed by atoms with Gasteiger partial charge in [0.1, 0.15) is 18.1 Å². The van der Waals surface area contributed by atoms with Crippen molar-refractivity contribution in [2.75, 3.05) is 25.1 Å². The molecule has 9 N–H and O–H groups in total.